The van der Waals surface area contributed by atoms with E-state index in [-0.39, 0.29) is 23.5 Å². The Morgan fingerprint density at radius 2 is 1.95 bits per heavy atom. The summed E-state index contributed by atoms with van der Waals surface area (Å²) in [5, 5.41) is 22.5. The van der Waals surface area contributed by atoms with Crippen LogP contribution in [0.2, 0.25) is 0 Å². The lowest BCUT2D eigenvalue weighted by Gasteiger charge is -2.44. The second-order valence-electron chi connectivity index (χ2n) is 10.9. The topological polar surface area (TPSA) is 105 Å². The van der Waals surface area contributed by atoms with Crippen molar-refractivity contribution in [3.8, 4) is 11.5 Å². The predicted molar refractivity (Wildman–Crippen MR) is 143 cm³/mol. The number of aryl methyl sites for hydroxylation is 1. The zero-order valence-electron chi connectivity index (χ0n) is 22.4. The van der Waals surface area contributed by atoms with E-state index in [9.17, 15) is 15.0 Å². The van der Waals surface area contributed by atoms with Gasteiger partial charge in [0.2, 0.25) is 5.91 Å². The summed E-state index contributed by atoms with van der Waals surface area (Å²) in [7, 11) is 1.64. The van der Waals surface area contributed by atoms with Gasteiger partial charge >= 0.3 is 0 Å². The van der Waals surface area contributed by atoms with Crippen molar-refractivity contribution in [1.29, 1.82) is 0 Å². The molecule has 1 heterocycles. The lowest BCUT2D eigenvalue weighted by molar-refractivity contribution is -0.141. The SMILES string of the molecule is COCCCC[C@@](O)(c1cccc(F)c1Oc1ccc(C)cc1)C1CCCN(C(=O)[C@H]2C[C@@H](N)[C@@H](O)C2)C1. The molecule has 1 aliphatic heterocycles. The van der Waals surface area contributed by atoms with Gasteiger partial charge in [0.25, 0.3) is 0 Å². The van der Waals surface area contributed by atoms with Gasteiger partial charge in [-0.1, -0.05) is 29.8 Å². The van der Waals surface area contributed by atoms with Crippen LogP contribution in [0.25, 0.3) is 0 Å². The smallest absolute Gasteiger partial charge is 0.225 e. The van der Waals surface area contributed by atoms with E-state index in [0.717, 1.165) is 18.4 Å². The maximum atomic E-state index is 15.3. The second kappa shape index (κ2) is 12.6. The van der Waals surface area contributed by atoms with E-state index in [1.807, 2.05) is 19.1 Å². The number of aliphatic hydroxyl groups excluding tert-OH is 1. The minimum Gasteiger partial charge on any atom is -0.454 e. The Balaban J connectivity index is 1.63. The number of piperidine rings is 1. The van der Waals surface area contributed by atoms with E-state index in [0.29, 0.717) is 63.1 Å². The molecule has 1 unspecified atom stereocenters. The van der Waals surface area contributed by atoms with Gasteiger partial charge in [-0.25, -0.2) is 4.39 Å². The Labute approximate surface area is 224 Å². The predicted octanol–water partition coefficient (Wildman–Crippen LogP) is 4.27. The van der Waals surface area contributed by atoms with E-state index >= 15 is 4.39 Å². The molecule has 2 aromatic rings. The van der Waals surface area contributed by atoms with E-state index in [1.54, 1.807) is 36.3 Å². The van der Waals surface area contributed by atoms with Crippen LogP contribution in [0.1, 0.15) is 56.1 Å². The average Bonchev–Trinajstić information content (AvgIpc) is 3.26. The summed E-state index contributed by atoms with van der Waals surface area (Å²) < 4.78 is 26.6. The number of aliphatic hydroxyl groups is 2. The summed E-state index contributed by atoms with van der Waals surface area (Å²) in [5.41, 5.74) is 6.01. The first-order valence-electron chi connectivity index (χ1n) is 13.7. The van der Waals surface area contributed by atoms with Crippen molar-refractivity contribution in [2.45, 2.75) is 69.6 Å². The number of rotatable bonds is 10. The molecule has 4 rings (SSSR count). The van der Waals surface area contributed by atoms with Gasteiger partial charge in [0.15, 0.2) is 11.6 Å². The number of likely N-dealkylation sites (tertiary alicyclic amines) is 1. The highest BCUT2D eigenvalue weighted by Gasteiger charge is 2.45. The van der Waals surface area contributed by atoms with E-state index in [1.165, 1.54) is 6.07 Å². The van der Waals surface area contributed by atoms with Gasteiger partial charge in [-0.05, 0) is 70.1 Å². The van der Waals surface area contributed by atoms with Crippen molar-refractivity contribution in [3.63, 3.8) is 0 Å². The van der Waals surface area contributed by atoms with Gasteiger partial charge in [-0.3, -0.25) is 4.79 Å². The molecule has 1 amide bonds. The van der Waals surface area contributed by atoms with E-state index in [2.05, 4.69) is 0 Å². The van der Waals surface area contributed by atoms with Gasteiger partial charge in [-0.15, -0.1) is 0 Å². The van der Waals surface area contributed by atoms with Crippen LogP contribution in [-0.2, 0) is 15.1 Å². The molecule has 0 bridgehead atoms. The number of benzene rings is 2. The van der Waals surface area contributed by atoms with Gasteiger partial charge in [0.1, 0.15) is 5.75 Å². The van der Waals surface area contributed by atoms with Gasteiger partial charge in [0.05, 0.1) is 11.7 Å². The largest absolute Gasteiger partial charge is 0.454 e. The standard InChI is InChI=1S/C30H41FN2O5/c1-20-10-12-23(13-11-20)38-28-24(8-5-9-25(28)31)30(36,14-3-4-16-37-2)22-7-6-15-33(19-22)29(35)21-17-26(32)27(34)18-21/h5,8-13,21-22,26-27,34,36H,3-4,6-7,14-19,32H2,1-2H3/t21-,22?,26+,27-,30-/m0/s1. The van der Waals surface area contributed by atoms with Crippen LogP contribution in [-0.4, -0.2) is 60.0 Å². The maximum absolute atomic E-state index is 15.3. The first-order valence-corrected chi connectivity index (χ1v) is 13.7. The van der Waals surface area contributed by atoms with Crippen molar-refractivity contribution in [3.05, 3.63) is 59.4 Å². The third-order valence-corrected chi connectivity index (χ3v) is 8.17. The van der Waals surface area contributed by atoms with Crippen LogP contribution in [0.5, 0.6) is 11.5 Å². The number of carbonyl (C=O) groups excluding carboxylic acids is 1. The number of carbonyl (C=O) groups is 1. The fourth-order valence-corrected chi connectivity index (χ4v) is 5.95. The van der Waals surface area contributed by atoms with Gasteiger partial charge in [0, 0.05) is 50.2 Å². The summed E-state index contributed by atoms with van der Waals surface area (Å²) in [4.78, 5) is 15.2. The maximum Gasteiger partial charge on any atom is 0.225 e. The minimum absolute atomic E-state index is 0.0129. The number of methoxy groups -OCH3 is 1. The molecule has 0 spiro atoms. The van der Waals surface area contributed by atoms with Crippen LogP contribution >= 0.6 is 0 Å². The highest BCUT2D eigenvalue weighted by Crippen LogP contribution is 2.45. The first kappa shape index (κ1) is 28.5. The molecule has 1 saturated carbocycles. The van der Waals surface area contributed by atoms with Crippen LogP contribution in [0.15, 0.2) is 42.5 Å². The molecular formula is C30H41FN2O5. The number of nitrogens with zero attached hydrogens (tertiary/aromatic N) is 1. The third kappa shape index (κ3) is 6.37. The Bertz CT molecular complexity index is 1070. The zero-order valence-corrected chi connectivity index (χ0v) is 22.4. The number of hydrogen-bond donors (Lipinski definition) is 3. The van der Waals surface area contributed by atoms with E-state index in [4.69, 9.17) is 15.2 Å². The highest BCUT2D eigenvalue weighted by atomic mass is 19.1. The minimum atomic E-state index is -1.42. The molecular weight excluding hydrogens is 487 g/mol. The second-order valence-corrected chi connectivity index (χ2v) is 10.9. The number of para-hydroxylation sites is 1. The van der Waals surface area contributed by atoms with Crippen LogP contribution < -0.4 is 10.5 Å². The number of ether oxygens (including phenoxy) is 2. The fourth-order valence-electron chi connectivity index (χ4n) is 5.95. The van der Waals surface area contributed by atoms with Crippen LogP contribution in [0.3, 0.4) is 0 Å². The third-order valence-electron chi connectivity index (χ3n) is 8.17. The number of amides is 1. The normalized spacial score (nSPS) is 25.3. The molecule has 7 nitrogen and oxygen atoms in total. The molecule has 0 radical (unpaired) electrons. The molecule has 208 valence electrons. The van der Waals surface area contributed by atoms with Crippen LogP contribution in [0.4, 0.5) is 4.39 Å². The highest BCUT2D eigenvalue weighted by molar-refractivity contribution is 5.79. The van der Waals surface area contributed by atoms with Gasteiger partial charge < -0.3 is 30.3 Å². The Morgan fingerprint density at radius 1 is 1.18 bits per heavy atom. The molecule has 2 aromatic carbocycles. The zero-order chi connectivity index (χ0) is 27.3. The van der Waals surface area contributed by atoms with Crippen molar-refractivity contribution >= 4 is 5.91 Å². The summed E-state index contributed by atoms with van der Waals surface area (Å²) in [6, 6.07) is 11.6. The number of nitrogens with two attached hydrogens (primary N) is 1. The van der Waals surface area contributed by atoms with Crippen molar-refractivity contribution in [2.24, 2.45) is 17.6 Å². The monoisotopic (exact) mass is 528 g/mol. The lowest BCUT2D eigenvalue weighted by Crippen LogP contribution is -2.49. The Morgan fingerprint density at radius 3 is 2.63 bits per heavy atom. The molecule has 2 fully saturated rings. The Hall–Kier alpha value is -2.52. The fraction of sp³-hybridized carbons (Fsp3) is 0.567. The van der Waals surface area contributed by atoms with Crippen molar-refractivity contribution < 1.29 is 28.9 Å². The average molecular weight is 529 g/mol. The number of hydrogen-bond acceptors (Lipinski definition) is 6. The van der Waals surface area contributed by atoms with Crippen molar-refractivity contribution in [2.75, 3.05) is 26.8 Å². The van der Waals surface area contributed by atoms with Crippen LogP contribution in [0, 0.1) is 24.6 Å². The molecule has 38 heavy (non-hydrogen) atoms. The molecule has 4 N–H and O–H groups in total. The molecule has 5 atom stereocenters. The molecule has 2 aliphatic rings. The molecule has 8 heteroatoms. The van der Waals surface area contributed by atoms with E-state index < -0.39 is 23.6 Å². The Kier molecular flexibility index (Phi) is 9.41. The summed E-state index contributed by atoms with van der Waals surface area (Å²) in [6.45, 7) is 3.47. The molecule has 0 aromatic heterocycles. The summed E-state index contributed by atoms with van der Waals surface area (Å²) in [6.07, 6.45) is 3.36. The summed E-state index contributed by atoms with van der Waals surface area (Å²) >= 11 is 0. The first-order chi connectivity index (χ1) is 18.2. The lowest BCUT2D eigenvalue weighted by atomic mass is 9.73. The quantitative estimate of drug-likeness (QED) is 0.398. The van der Waals surface area contributed by atoms with Crippen molar-refractivity contribution in [1.82, 2.24) is 4.90 Å². The number of unbranched alkanes of at least 4 members (excludes halogenated alkanes) is 1. The van der Waals surface area contributed by atoms with Gasteiger partial charge in [-0.2, -0.15) is 0 Å². The molecule has 1 aliphatic carbocycles. The molecule has 1 saturated heterocycles. The summed E-state index contributed by atoms with van der Waals surface area (Å²) in [5.74, 6) is -0.706. The number of halogens is 1.